The van der Waals surface area contributed by atoms with Gasteiger partial charge in [0.2, 0.25) is 17.1 Å². The van der Waals surface area contributed by atoms with E-state index in [1.165, 1.54) is 47.3 Å². The fourth-order valence-corrected chi connectivity index (χ4v) is 4.96. The van der Waals surface area contributed by atoms with Crippen LogP contribution in [-0.4, -0.2) is 34.6 Å². The molecule has 0 fully saturated rings. The van der Waals surface area contributed by atoms with Crippen LogP contribution in [0.2, 0.25) is 0 Å². The molecule has 0 amide bonds. The molecule has 0 bridgehead atoms. The highest BCUT2D eigenvalue weighted by atomic mass is 16.1. The zero-order valence-corrected chi connectivity index (χ0v) is 19.3. The third-order valence-corrected chi connectivity index (χ3v) is 6.62. The van der Waals surface area contributed by atoms with Crippen LogP contribution < -0.4 is 16.2 Å². The molecule has 0 aliphatic heterocycles. The minimum Gasteiger partial charge on any atom is -0.384 e. The van der Waals surface area contributed by atoms with Crippen LogP contribution in [-0.2, 0) is 12.8 Å². The molecule has 0 unspecified atom stereocenters. The lowest BCUT2D eigenvalue weighted by molar-refractivity contribution is 0.0974. The van der Waals surface area contributed by atoms with Crippen molar-refractivity contribution in [1.82, 2.24) is 15.3 Å². The summed E-state index contributed by atoms with van der Waals surface area (Å²) in [7, 11) is 0. The van der Waals surface area contributed by atoms with Gasteiger partial charge in [-0.1, -0.05) is 18.2 Å². The first-order chi connectivity index (χ1) is 16.5. The first-order valence-corrected chi connectivity index (χ1v) is 12.0. The summed E-state index contributed by atoms with van der Waals surface area (Å²) in [6.07, 6.45) is 7.54. The zero-order valence-electron chi connectivity index (χ0n) is 19.3. The molecule has 0 radical (unpaired) electrons. The Kier molecular flexibility index (Phi) is 6.01. The minimum atomic E-state index is -0.377. The Bertz CT molecular complexity index is 1390. The first kappa shape index (κ1) is 22.1. The summed E-state index contributed by atoms with van der Waals surface area (Å²) in [5.74, 6) is -0.606. The normalized spacial score (nSPS) is 15.0. The van der Waals surface area contributed by atoms with Crippen LogP contribution in [0.5, 0.6) is 0 Å². The van der Waals surface area contributed by atoms with Crippen LogP contribution in [0, 0.1) is 6.92 Å². The molecule has 3 aromatic rings. The molecule has 2 heterocycles. The van der Waals surface area contributed by atoms with Crippen LogP contribution in [0.3, 0.4) is 0 Å². The van der Waals surface area contributed by atoms with Gasteiger partial charge in [0, 0.05) is 42.0 Å². The van der Waals surface area contributed by atoms with Crippen LogP contribution in [0.1, 0.15) is 63.4 Å². The number of nitrogens with one attached hydrogen (secondary N) is 3. The van der Waals surface area contributed by atoms with Gasteiger partial charge in [-0.05, 0) is 62.6 Å². The van der Waals surface area contributed by atoms with E-state index in [0.717, 1.165) is 37.7 Å². The predicted octanol–water partition coefficient (Wildman–Crippen LogP) is 3.86. The molecule has 0 spiro atoms. The Labute approximate surface area is 197 Å². The highest BCUT2D eigenvalue weighted by Crippen LogP contribution is 2.33. The Morgan fingerprint density at radius 2 is 1.76 bits per heavy atom. The summed E-state index contributed by atoms with van der Waals surface area (Å²) in [5, 5.41) is 7.95. The van der Waals surface area contributed by atoms with E-state index in [1.807, 2.05) is 6.07 Å². The fourth-order valence-electron chi connectivity index (χ4n) is 4.96. The summed E-state index contributed by atoms with van der Waals surface area (Å²) in [4.78, 5) is 44.3. The molecule has 1 aromatic carbocycles. The number of ketones is 2. The molecule has 7 heteroatoms. The number of allylic oxidation sites excluding steroid dienone is 2. The van der Waals surface area contributed by atoms with Crippen molar-refractivity contribution in [2.24, 2.45) is 0 Å². The number of nitrogens with zero attached hydrogens (tertiary/aromatic N) is 1. The molecule has 3 N–H and O–H groups in total. The Morgan fingerprint density at radius 1 is 1.00 bits per heavy atom. The van der Waals surface area contributed by atoms with Gasteiger partial charge in [0.05, 0.1) is 16.8 Å². The number of hydrogen-bond acceptors (Lipinski definition) is 6. The van der Waals surface area contributed by atoms with E-state index < -0.39 is 0 Å². The SMILES string of the molecule is Cc1cc(=O)[nH]c2c1C(=O)C(NCCCCNc1c3c(nc4ccccc14)CCCC3)=CC2=O. The van der Waals surface area contributed by atoms with E-state index in [4.69, 9.17) is 4.98 Å². The summed E-state index contributed by atoms with van der Waals surface area (Å²) in [6.45, 7) is 3.08. The van der Waals surface area contributed by atoms with Crippen LogP contribution >= 0.6 is 0 Å². The van der Waals surface area contributed by atoms with Gasteiger partial charge in [0.25, 0.3) is 0 Å². The number of unbranched alkanes of at least 4 members (excludes halogenated alkanes) is 1. The number of carbonyl (C=O) groups excluding carboxylic acids is 2. The summed E-state index contributed by atoms with van der Waals surface area (Å²) in [6, 6.07) is 9.64. The number of aromatic nitrogens is 2. The van der Waals surface area contributed by atoms with Crippen molar-refractivity contribution in [1.29, 1.82) is 0 Å². The number of Topliss-reactive ketones (excluding diaryl/α,β-unsaturated/α-hetero) is 1. The highest BCUT2D eigenvalue weighted by molar-refractivity contribution is 6.24. The Balaban J connectivity index is 1.20. The molecule has 34 heavy (non-hydrogen) atoms. The zero-order chi connectivity index (χ0) is 23.7. The molecular formula is C27H28N4O3. The number of aryl methyl sites for hydroxylation is 2. The van der Waals surface area contributed by atoms with Crippen molar-refractivity contribution in [3.63, 3.8) is 0 Å². The van der Waals surface area contributed by atoms with Crippen molar-refractivity contribution < 1.29 is 9.59 Å². The number of rotatable bonds is 7. The van der Waals surface area contributed by atoms with E-state index in [0.29, 0.717) is 12.1 Å². The second-order valence-corrected chi connectivity index (χ2v) is 9.01. The van der Waals surface area contributed by atoms with Crippen molar-refractivity contribution in [3.8, 4) is 0 Å². The maximum absolute atomic E-state index is 12.8. The second kappa shape index (κ2) is 9.25. The fraction of sp³-hybridized carbons (Fsp3) is 0.333. The molecule has 0 saturated carbocycles. The smallest absolute Gasteiger partial charge is 0.248 e. The third kappa shape index (κ3) is 4.14. The van der Waals surface area contributed by atoms with E-state index in [9.17, 15) is 14.4 Å². The second-order valence-electron chi connectivity index (χ2n) is 9.01. The highest BCUT2D eigenvalue weighted by Gasteiger charge is 2.28. The van der Waals surface area contributed by atoms with Crippen LogP contribution in [0.25, 0.3) is 10.9 Å². The minimum absolute atomic E-state index is 0.0812. The molecule has 174 valence electrons. The maximum atomic E-state index is 12.8. The molecule has 2 aromatic heterocycles. The predicted molar refractivity (Wildman–Crippen MR) is 133 cm³/mol. The van der Waals surface area contributed by atoms with Gasteiger partial charge < -0.3 is 15.6 Å². The number of para-hydroxylation sites is 1. The summed E-state index contributed by atoms with van der Waals surface area (Å²) >= 11 is 0. The van der Waals surface area contributed by atoms with E-state index in [2.05, 4.69) is 33.8 Å². The third-order valence-electron chi connectivity index (χ3n) is 6.62. The van der Waals surface area contributed by atoms with E-state index in [1.54, 1.807) is 6.92 Å². The quantitative estimate of drug-likeness (QED) is 0.467. The van der Waals surface area contributed by atoms with Crippen molar-refractivity contribution in [3.05, 3.63) is 80.5 Å². The topological polar surface area (TPSA) is 104 Å². The molecule has 2 aliphatic carbocycles. The number of aromatic amines is 1. The van der Waals surface area contributed by atoms with Crippen LogP contribution in [0.4, 0.5) is 5.69 Å². The molecule has 7 nitrogen and oxygen atoms in total. The number of pyridine rings is 2. The average Bonchev–Trinajstić information content (AvgIpc) is 2.83. The van der Waals surface area contributed by atoms with Gasteiger partial charge in [-0.3, -0.25) is 19.4 Å². The molecule has 0 atom stereocenters. The Hall–Kier alpha value is -3.74. The van der Waals surface area contributed by atoms with Gasteiger partial charge >= 0.3 is 0 Å². The Morgan fingerprint density at radius 3 is 2.62 bits per heavy atom. The summed E-state index contributed by atoms with van der Waals surface area (Å²) in [5.41, 5.74) is 5.62. The van der Waals surface area contributed by atoms with Gasteiger partial charge in [0.15, 0.2) is 0 Å². The number of anilines is 1. The number of fused-ring (bicyclic) bond motifs is 3. The lowest BCUT2D eigenvalue weighted by Gasteiger charge is -2.22. The maximum Gasteiger partial charge on any atom is 0.248 e. The van der Waals surface area contributed by atoms with Gasteiger partial charge in [-0.25, -0.2) is 0 Å². The molecule has 5 rings (SSSR count). The van der Waals surface area contributed by atoms with E-state index in [-0.39, 0.29) is 34.1 Å². The molecule has 0 saturated heterocycles. The lowest BCUT2D eigenvalue weighted by Crippen LogP contribution is -2.30. The standard InChI is InChI=1S/C27H28N4O3/c1-16-14-23(33)31-26-22(32)15-21(27(34)24(16)26)28-12-6-7-13-29-25-17-8-2-4-10-19(17)30-20-11-5-3-9-18(20)25/h2,4,8,10,14-15,28H,3,5-7,9,11-13H2,1H3,(H,29,30)(H,31,33). The van der Waals surface area contributed by atoms with E-state index >= 15 is 0 Å². The average molecular weight is 457 g/mol. The monoisotopic (exact) mass is 456 g/mol. The van der Waals surface area contributed by atoms with Crippen molar-refractivity contribution in [2.45, 2.75) is 45.4 Å². The number of carbonyl (C=O) groups is 2. The molecular weight excluding hydrogens is 428 g/mol. The molecule has 2 aliphatic rings. The lowest BCUT2D eigenvalue weighted by atomic mass is 9.92. The number of benzene rings is 1. The van der Waals surface area contributed by atoms with Crippen molar-refractivity contribution in [2.75, 3.05) is 18.4 Å². The van der Waals surface area contributed by atoms with Crippen molar-refractivity contribution >= 4 is 28.2 Å². The first-order valence-electron chi connectivity index (χ1n) is 12.0. The largest absolute Gasteiger partial charge is 0.384 e. The number of H-pyrrole nitrogens is 1. The van der Waals surface area contributed by atoms with Crippen LogP contribution in [0.15, 0.2) is 46.9 Å². The number of hydrogen-bond donors (Lipinski definition) is 3. The van der Waals surface area contributed by atoms with Gasteiger partial charge in [-0.15, -0.1) is 0 Å². The van der Waals surface area contributed by atoms with Gasteiger partial charge in [0.1, 0.15) is 5.69 Å². The van der Waals surface area contributed by atoms with Gasteiger partial charge in [-0.2, -0.15) is 0 Å². The summed E-state index contributed by atoms with van der Waals surface area (Å²) < 4.78 is 0.